The number of unbranched alkanes of at least 4 members (excludes halogenated alkanes) is 9. The summed E-state index contributed by atoms with van der Waals surface area (Å²) in [5, 5.41) is 13.4. The van der Waals surface area contributed by atoms with Crippen molar-refractivity contribution in [3.63, 3.8) is 0 Å². The fourth-order valence-corrected chi connectivity index (χ4v) is 5.21. The second-order valence-electron chi connectivity index (χ2n) is 10.6. The van der Waals surface area contributed by atoms with Gasteiger partial charge in [-0.05, 0) is 38.8 Å². The molecule has 35 heavy (non-hydrogen) atoms. The number of benzene rings is 1. The molecule has 6 nitrogen and oxygen atoms in total. The minimum absolute atomic E-state index is 0.0137. The van der Waals surface area contributed by atoms with Crippen LogP contribution in [-0.4, -0.2) is 54.7 Å². The van der Waals surface area contributed by atoms with Crippen LogP contribution in [0.5, 0.6) is 0 Å². The van der Waals surface area contributed by atoms with Gasteiger partial charge in [-0.15, -0.1) is 0 Å². The lowest BCUT2D eigenvalue weighted by Gasteiger charge is -2.31. The molecule has 2 fully saturated rings. The molecule has 200 valence electrons. The Balaban J connectivity index is 1.45. The Morgan fingerprint density at radius 2 is 1.60 bits per heavy atom. The third-order valence-electron chi connectivity index (χ3n) is 7.09. The van der Waals surface area contributed by atoms with Crippen LogP contribution in [0.1, 0.15) is 97.0 Å². The number of rotatable bonds is 18. The highest BCUT2D eigenvalue weighted by molar-refractivity contribution is 5.13. The van der Waals surface area contributed by atoms with Crippen molar-refractivity contribution in [3.05, 3.63) is 35.9 Å². The zero-order valence-electron chi connectivity index (χ0n) is 22.3. The van der Waals surface area contributed by atoms with Gasteiger partial charge in [-0.25, -0.2) is 0 Å². The highest BCUT2D eigenvalue weighted by Crippen LogP contribution is 2.40. The Kier molecular flexibility index (Phi) is 12.5. The van der Waals surface area contributed by atoms with E-state index in [1.165, 1.54) is 57.8 Å². The van der Waals surface area contributed by atoms with Gasteiger partial charge in [0.05, 0.1) is 6.61 Å². The molecule has 4 unspecified atom stereocenters. The van der Waals surface area contributed by atoms with E-state index in [9.17, 15) is 5.11 Å². The molecule has 2 aliphatic rings. The topological polar surface area (TPSA) is 69.2 Å². The van der Waals surface area contributed by atoms with E-state index < -0.39 is 12.1 Å². The largest absolute Gasteiger partial charge is 0.396 e. The maximum Gasteiger partial charge on any atom is 0.190 e. The summed E-state index contributed by atoms with van der Waals surface area (Å²) >= 11 is 0. The first-order chi connectivity index (χ1) is 17.0. The van der Waals surface area contributed by atoms with Crippen LogP contribution in [0.15, 0.2) is 30.3 Å². The van der Waals surface area contributed by atoms with E-state index in [4.69, 9.17) is 18.9 Å². The first-order valence-corrected chi connectivity index (χ1v) is 14.0. The molecule has 1 aromatic carbocycles. The fraction of sp³-hybridized carbons (Fsp3) is 0.793. The molecule has 5 atom stereocenters. The number of ether oxygens (including phenoxy) is 4. The standard InChI is InChI=1S/C29H49NO5/c1-4-5-6-7-8-9-10-11-12-16-20-30-24(19-21-31)25-26(32-22-23-17-14-13-15-18-23)27-28(33-25)35-29(2,3)34-27/h13-15,17-18,24-28,30-31H,4-12,16,19-22H2,1-3H3/t24?,25?,26?,27-,28?/m1/s1. The van der Waals surface area contributed by atoms with Crippen molar-refractivity contribution in [2.45, 2.75) is 134 Å². The van der Waals surface area contributed by atoms with E-state index >= 15 is 0 Å². The third kappa shape index (κ3) is 9.42. The molecule has 6 heteroatoms. The van der Waals surface area contributed by atoms with Gasteiger partial charge in [0, 0.05) is 12.6 Å². The van der Waals surface area contributed by atoms with Gasteiger partial charge >= 0.3 is 0 Å². The summed E-state index contributed by atoms with van der Waals surface area (Å²) in [7, 11) is 0. The normalized spacial score (nSPS) is 26.2. The van der Waals surface area contributed by atoms with Crippen molar-refractivity contribution in [2.75, 3.05) is 13.2 Å². The molecule has 0 radical (unpaired) electrons. The summed E-state index contributed by atoms with van der Waals surface area (Å²) in [6.07, 6.45) is 12.6. The van der Waals surface area contributed by atoms with Crippen LogP contribution in [0.3, 0.4) is 0 Å². The number of hydrogen-bond acceptors (Lipinski definition) is 6. The second kappa shape index (κ2) is 15.3. The molecule has 0 aliphatic carbocycles. The molecule has 1 aromatic rings. The van der Waals surface area contributed by atoms with Crippen molar-refractivity contribution in [1.29, 1.82) is 0 Å². The van der Waals surface area contributed by atoms with Crippen molar-refractivity contribution >= 4 is 0 Å². The van der Waals surface area contributed by atoms with Crippen LogP contribution in [0.2, 0.25) is 0 Å². The zero-order chi connectivity index (χ0) is 24.9. The molecule has 0 amide bonds. The summed E-state index contributed by atoms with van der Waals surface area (Å²) in [5.74, 6) is -0.690. The highest BCUT2D eigenvalue weighted by atomic mass is 16.8. The molecule has 3 rings (SSSR count). The molecule has 0 bridgehead atoms. The molecule has 2 N–H and O–H groups in total. The van der Waals surface area contributed by atoms with Crippen molar-refractivity contribution in [3.8, 4) is 0 Å². The van der Waals surface area contributed by atoms with Gasteiger partial charge in [0.15, 0.2) is 12.1 Å². The summed E-state index contributed by atoms with van der Waals surface area (Å²) in [6.45, 7) is 7.59. The first-order valence-electron chi connectivity index (χ1n) is 14.0. The van der Waals surface area contributed by atoms with Crippen LogP contribution in [-0.2, 0) is 25.6 Å². The Hall–Kier alpha value is -1.02. The van der Waals surface area contributed by atoms with Gasteiger partial charge in [0.2, 0.25) is 0 Å². The molecule has 0 spiro atoms. The average molecular weight is 492 g/mol. The number of hydrogen-bond donors (Lipinski definition) is 2. The Labute approximate surface area is 213 Å². The lowest BCUT2D eigenvalue weighted by molar-refractivity contribution is -0.222. The molecule has 0 saturated carbocycles. The molecular weight excluding hydrogens is 442 g/mol. The molecule has 2 heterocycles. The van der Waals surface area contributed by atoms with Crippen LogP contribution in [0.25, 0.3) is 0 Å². The number of aliphatic hydroxyl groups is 1. The molecule has 0 aromatic heterocycles. The van der Waals surface area contributed by atoms with Crippen LogP contribution in [0, 0.1) is 0 Å². The SMILES string of the molecule is CCCCCCCCCCCCNC(CCO)C1OC2OC(C)(C)O[C@@H]2C1OCc1ccccc1. The van der Waals surface area contributed by atoms with E-state index in [2.05, 4.69) is 24.4 Å². The lowest BCUT2D eigenvalue weighted by atomic mass is 10.00. The minimum atomic E-state index is -0.690. The van der Waals surface area contributed by atoms with E-state index in [-0.39, 0.29) is 31.0 Å². The molecular formula is C29H49NO5. The summed E-state index contributed by atoms with van der Waals surface area (Å²) in [6, 6.07) is 10.2. The van der Waals surface area contributed by atoms with Gasteiger partial charge in [0.1, 0.15) is 18.3 Å². The van der Waals surface area contributed by atoms with E-state index in [1.807, 2.05) is 32.0 Å². The zero-order valence-corrected chi connectivity index (χ0v) is 22.3. The predicted molar refractivity (Wildman–Crippen MR) is 139 cm³/mol. The second-order valence-corrected chi connectivity index (χ2v) is 10.6. The molecule has 2 aliphatic heterocycles. The van der Waals surface area contributed by atoms with E-state index in [0.717, 1.165) is 18.5 Å². The monoisotopic (exact) mass is 491 g/mol. The van der Waals surface area contributed by atoms with Crippen molar-refractivity contribution < 1.29 is 24.1 Å². The van der Waals surface area contributed by atoms with Crippen molar-refractivity contribution in [2.24, 2.45) is 0 Å². The summed E-state index contributed by atoms with van der Waals surface area (Å²) in [5.41, 5.74) is 1.12. The van der Waals surface area contributed by atoms with Gasteiger partial charge < -0.3 is 29.4 Å². The van der Waals surface area contributed by atoms with Crippen LogP contribution < -0.4 is 5.32 Å². The van der Waals surface area contributed by atoms with Gasteiger partial charge in [0.25, 0.3) is 0 Å². The number of aliphatic hydroxyl groups excluding tert-OH is 1. The predicted octanol–water partition coefficient (Wildman–Crippen LogP) is 5.71. The summed E-state index contributed by atoms with van der Waals surface area (Å²) in [4.78, 5) is 0. The quantitative estimate of drug-likeness (QED) is 0.256. The third-order valence-corrected chi connectivity index (χ3v) is 7.09. The van der Waals surface area contributed by atoms with E-state index in [0.29, 0.717) is 13.0 Å². The fourth-order valence-electron chi connectivity index (χ4n) is 5.21. The Bertz CT molecular complexity index is 685. The smallest absolute Gasteiger partial charge is 0.190 e. The van der Waals surface area contributed by atoms with Crippen LogP contribution in [0.4, 0.5) is 0 Å². The Morgan fingerprint density at radius 1 is 0.943 bits per heavy atom. The highest BCUT2D eigenvalue weighted by Gasteiger charge is 2.56. The van der Waals surface area contributed by atoms with Crippen LogP contribution >= 0.6 is 0 Å². The van der Waals surface area contributed by atoms with Crippen molar-refractivity contribution in [1.82, 2.24) is 5.32 Å². The minimum Gasteiger partial charge on any atom is -0.396 e. The maximum atomic E-state index is 9.76. The van der Waals surface area contributed by atoms with E-state index in [1.54, 1.807) is 0 Å². The average Bonchev–Trinajstić information content (AvgIpc) is 3.32. The first kappa shape index (κ1) is 28.5. The van der Waals surface area contributed by atoms with Gasteiger partial charge in [-0.3, -0.25) is 0 Å². The molecule has 2 saturated heterocycles. The lowest BCUT2D eigenvalue weighted by Crippen LogP contribution is -2.49. The number of fused-ring (bicyclic) bond motifs is 1. The van der Waals surface area contributed by atoms with Gasteiger partial charge in [-0.2, -0.15) is 0 Å². The van der Waals surface area contributed by atoms with Gasteiger partial charge in [-0.1, -0.05) is 95.0 Å². The number of nitrogens with one attached hydrogen (secondary N) is 1. The summed E-state index contributed by atoms with van der Waals surface area (Å²) < 4.78 is 24.9. The maximum absolute atomic E-state index is 9.76. The Morgan fingerprint density at radius 3 is 2.26 bits per heavy atom.